The molecule has 5 nitrogen and oxygen atoms in total. The van der Waals surface area contributed by atoms with E-state index < -0.39 is 0 Å². The van der Waals surface area contributed by atoms with E-state index in [1.807, 2.05) is 48.1 Å². The number of carbonyl (C=O) groups excluding carboxylic acids is 1. The lowest BCUT2D eigenvalue weighted by Gasteiger charge is -2.25. The average Bonchev–Trinajstić information content (AvgIpc) is 3.10. The van der Waals surface area contributed by atoms with Crippen molar-refractivity contribution in [3.63, 3.8) is 0 Å². The molecule has 2 aromatic rings. The number of amides is 1. The maximum atomic E-state index is 12.4. The van der Waals surface area contributed by atoms with Gasteiger partial charge in [-0.15, -0.1) is 0 Å². The summed E-state index contributed by atoms with van der Waals surface area (Å²) in [5.74, 6) is 0.0856. The molecule has 1 amide bonds. The molecule has 0 radical (unpaired) electrons. The van der Waals surface area contributed by atoms with E-state index in [4.69, 9.17) is 0 Å². The quantitative estimate of drug-likeness (QED) is 0.909. The standard InChI is InChI=1S/C17H22N4O/c1-13(20-17(22)15-8-4-5-10-18-15)14-7-2-3-9-16(14)21-12-6-11-19-21/h2-3,6-7,9,11-13,15,18H,4-5,8,10H2,1H3,(H,20,22). The Balaban J connectivity index is 1.75. The number of rotatable bonds is 4. The van der Waals surface area contributed by atoms with Crippen molar-refractivity contribution in [1.82, 2.24) is 20.4 Å². The van der Waals surface area contributed by atoms with Crippen LogP contribution in [0.5, 0.6) is 0 Å². The Hall–Kier alpha value is -2.14. The van der Waals surface area contributed by atoms with E-state index in [0.717, 1.165) is 37.1 Å². The summed E-state index contributed by atoms with van der Waals surface area (Å²) in [4.78, 5) is 12.4. The maximum Gasteiger partial charge on any atom is 0.237 e. The van der Waals surface area contributed by atoms with E-state index in [1.54, 1.807) is 6.20 Å². The van der Waals surface area contributed by atoms with Gasteiger partial charge in [-0.2, -0.15) is 5.10 Å². The molecule has 0 spiro atoms. The molecule has 2 heterocycles. The number of hydrogen-bond acceptors (Lipinski definition) is 3. The molecule has 1 aliphatic heterocycles. The molecule has 2 unspecified atom stereocenters. The first-order valence-corrected chi connectivity index (χ1v) is 7.88. The van der Waals surface area contributed by atoms with Gasteiger partial charge in [0.1, 0.15) is 0 Å². The van der Waals surface area contributed by atoms with Crippen LogP contribution in [-0.4, -0.2) is 28.3 Å². The van der Waals surface area contributed by atoms with Crippen molar-refractivity contribution in [2.24, 2.45) is 0 Å². The SMILES string of the molecule is CC(NC(=O)C1CCCCN1)c1ccccc1-n1cccn1. The monoisotopic (exact) mass is 298 g/mol. The summed E-state index contributed by atoms with van der Waals surface area (Å²) in [6, 6.07) is 9.80. The number of piperidine rings is 1. The summed E-state index contributed by atoms with van der Waals surface area (Å²) in [5.41, 5.74) is 2.06. The van der Waals surface area contributed by atoms with Crippen molar-refractivity contribution >= 4 is 5.91 Å². The average molecular weight is 298 g/mol. The first kappa shape index (κ1) is 14.8. The van der Waals surface area contributed by atoms with Gasteiger partial charge in [0, 0.05) is 12.4 Å². The van der Waals surface area contributed by atoms with Crippen molar-refractivity contribution in [2.75, 3.05) is 6.54 Å². The lowest BCUT2D eigenvalue weighted by atomic mass is 10.0. The first-order valence-electron chi connectivity index (χ1n) is 7.88. The first-order chi connectivity index (χ1) is 10.8. The van der Waals surface area contributed by atoms with Crippen LogP contribution >= 0.6 is 0 Å². The highest BCUT2D eigenvalue weighted by molar-refractivity contribution is 5.82. The second-order valence-corrected chi connectivity index (χ2v) is 5.74. The van der Waals surface area contributed by atoms with E-state index in [0.29, 0.717) is 0 Å². The van der Waals surface area contributed by atoms with Crippen LogP contribution in [-0.2, 0) is 4.79 Å². The maximum absolute atomic E-state index is 12.4. The molecule has 5 heteroatoms. The highest BCUT2D eigenvalue weighted by Crippen LogP contribution is 2.21. The third-order valence-electron chi connectivity index (χ3n) is 4.14. The van der Waals surface area contributed by atoms with Gasteiger partial charge >= 0.3 is 0 Å². The fourth-order valence-electron chi connectivity index (χ4n) is 2.94. The lowest BCUT2D eigenvalue weighted by molar-refractivity contribution is -0.124. The van der Waals surface area contributed by atoms with E-state index in [-0.39, 0.29) is 18.0 Å². The number of hydrogen-bond donors (Lipinski definition) is 2. The molecular weight excluding hydrogens is 276 g/mol. The zero-order valence-electron chi connectivity index (χ0n) is 12.8. The van der Waals surface area contributed by atoms with Gasteiger partial charge in [-0.25, -0.2) is 4.68 Å². The number of nitrogens with one attached hydrogen (secondary N) is 2. The van der Waals surface area contributed by atoms with Crippen LogP contribution in [0.25, 0.3) is 5.69 Å². The summed E-state index contributed by atoms with van der Waals surface area (Å²) in [6.07, 6.45) is 6.85. The second-order valence-electron chi connectivity index (χ2n) is 5.74. The van der Waals surface area contributed by atoms with Gasteiger partial charge in [0.05, 0.1) is 17.8 Å². The van der Waals surface area contributed by atoms with Crippen LogP contribution in [0.15, 0.2) is 42.7 Å². The lowest BCUT2D eigenvalue weighted by Crippen LogP contribution is -2.47. The summed E-state index contributed by atoms with van der Waals surface area (Å²) < 4.78 is 1.83. The fraction of sp³-hybridized carbons (Fsp3) is 0.412. The van der Waals surface area contributed by atoms with Gasteiger partial charge in [-0.1, -0.05) is 24.6 Å². The van der Waals surface area contributed by atoms with Crippen molar-refractivity contribution in [1.29, 1.82) is 0 Å². The molecule has 1 aliphatic rings. The highest BCUT2D eigenvalue weighted by atomic mass is 16.2. The number of para-hydroxylation sites is 1. The van der Waals surface area contributed by atoms with E-state index in [1.165, 1.54) is 0 Å². The minimum Gasteiger partial charge on any atom is -0.348 e. The topological polar surface area (TPSA) is 59.0 Å². The molecule has 0 saturated carbocycles. The predicted molar refractivity (Wildman–Crippen MR) is 85.8 cm³/mol. The third kappa shape index (κ3) is 3.20. The fourth-order valence-corrected chi connectivity index (χ4v) is 2.94. The minimum absolute atomic E-state index is 0.0587. The molecular formula is C17H22N4O. The van der Waals surface area contributed by atoms with Gasteiger partial charge in [-0.3, -0.25) is 4.79 Å². The third-order valence-corrected chi connectivity index (χ3v) is 4.14. The van der Waals surface area contributed by atoms with Crippen LogP contribution in [0, 0.1) is 0 Å². The Bertz CT molecular complexity index is 617. The second kappa shape index (κ2) is 6.75. The number of benzene rings is 1. The van der Waals surface area contributed by atoms with Crippen molar-refractivity contribution < 1.29 is 4.79 Å². The zero-order chi connectivity index (χ0) is 15.4. The molecule has 0 aliphatic carbocycles. The molecule has 2 N–H and O–H groups in total. The summed E-state index contributed by atoms with van der Waals surface area (Å²) >= 11 is 0. The van der Waals surface area contributed by atoms with Crippen LogP contribution in [0.2, 0.25) is 0 Å². The van der Waals surface area contributed by atoms with Gasteiger partial charge in [0.2, 0.25) is 5.91 Å². The Morgan fingerprint density at radius 3 is 2.95 bits per heavy atom. The molecule has 0 bridgehead atoms. The molecule has 1 fully saturated rings. The predicted octanol–water partition coefficient (Wildman–Crippen LogP) is 2.19. The van der Waals surface area contributed by atoms with Crippen LogP contribution in [0.1, 0.15) is 37.8 Å². The van der Waals surface area contributed by atoms with Crippen molar-refractivity contribution in [3.8, 4) is 5.69 Å². The number of aromatic nitrogens is 2. The smallest absolute Gasteiger partial charge is 0.237 e. The minimum atomic E-state index is -0.0620. The Kier molecular flexibility index (Phi) is 4.53. The van der Waals surface area contributed by atoms with Crippen molar-refractivity contribution in [2.45, 2.75) is 38.3 Å². The zero-order valence-corrected chi connectivity index (χ0v) is 12.8. The highest BCUT2D eigenvalue weighted by Gasteiger charge is 2.23. The summed E-state index contributed by atoms with van der Waals surface area (Å²) in [5, 5.41) is 10.7. The van der Waals surface area contributed by atoms with Gasteiger partial charge in [-0.05, 0) is 44.0 Å². The molecule has 1 aromatic carbocycles. The largest absolute Gasteiger partial charge is 0.348 e. The number of carbonyl (C=O) groups is 1. The van der Waals surface area contributed by atoms with Crippen LogP contribution < -0.4 is 10.6 Å². The van der Waals surface area contributed by atoms with E-state index in [9.17, 15) is 4.79 Å². The summed E-state index contributed by atoms with van der Waals surface area (Å²) in [6.45, 7) is 2.94. The van der Waals surface area contributed by atoms with Crippen molar-refractivity contribution in [3.05, 3.63) is 48.3 Å². The van der Waals surface area contributed by atoms with Gasteiger partial charge in [0.25, 0.3) is 0 Å². The molecule has 22 heavy (non-hydrogen) atoms. The number of nitrogens with zero attached hydrogens (tertiary/aromatic N) is 2. The van der Waals surface area contributed by atoms with Crippen LogP contribution in [0.3, 0.4) is 0 Å². The molecule has 2 atom stereocenters. The van der Waals surface area contributed by atoms with Gasteiger partial charge < -0.3 is 10.6 Å². The Morgan fingerprint density at radius 1 is 1.36 bits per heavy atom. The molecule has 1 saturated heterocycles. The molecule has 1 aromatic heterocycles. The molecule has 3 rings (SSSR count). The Labute approximate surface area is 130 Å². The van der Waals surface area contributed by atoms with Crippen LogP contribution in [0.4, 0.5) is 0 Å². The molecule has 116 valence electrons. The van der Waals surface area contributed by atoms with E-state index in [2.05, 4.69) is 15.7 Å². The normalized spacial score (nSPS) is 19.6. The Morgan fingerprint density at radius 2 is 2.23 bits per heavy atom. The van der Waals surface area contributed by atoms with E-state index >= 15 is 0 Å². The van der Waals surface area contributed by atoms with Gasteiger partial charge in [0.15, 0.2) is 0 Å². The summed E-state index contributed by atoms with van der Waals surface area (Å²) in [7, 11) is 0.